The maximum atomic E-state index is 10.3. The number of hydrogen-bond donors (Lipinski definition) is 1. The van der Waals surface area contributed by atoms with Gasteiger partial charge in [0.2, 0.25) is 0 Å². The molecule has 0 bridgehead atoms. The Labute approximate surface area is 57.8 Å². The molecule has 0 aliphatic heterocycles. The predicted molar refractivity (Wildman–Crippen MR) is 31.4 cm³/mol. The first kappa shape index (κ1) is 7.10. The highest BCUT2D eigenvalue weighted by Gasteiger charge is 2.10. The summed E-state index contributed by atoms with van der Waals surface area (Å²) in [6, 6.07) is 1.40. The minimum absolute atomic E-state index is 0.604. The quantitative estimate of drug-likeness (QED) is 0.424. The molecule has 0 atom stereocenters. The van der Waals surface area contributed by atoms with Gasteiger partial charge in [0.1, 0.15) is 12.4 Å². The van der Waals surface area contributed by atoms with Crippen molar-refractivity contribution in [2.24, 2.45) is 0 Å². The highest BCUT2D eigenvalue weighted by atomic mass is 32.2. The molecule has 0 saturated carbocycles. The van der Waals surface area contributed by atoms with Crippen LogP contribution < -0.4 is 3.97 Å². The Balaban J connectivity index is 3.22. The van der Waals surface area contributed by atoms with Gasteiger partial charge >= 0.3 is 16.6 Å². The molecule has 1 N–H and O–H groups in total. The van der Waals surface area contributed by atoms with Gasteiger partial charge in [0.15, 0.2) is 0 Å². The average Bonchev–Trinajstić information content (AvgIpc) is 1.88. The van der Waals surface area contributed by atoms with Crippen LogP contribution in [-0.4, -0.2) is 18.0 Å². The highest BCUT2D eigenvalue weighted by Crippen LogP contribution is 1.74. The molecule has 1 aromatic heterocycles. The van der Waals surface area contributed by atoms with E-state index in [2.05, 4.69) is 4.98 Å². The fourth-order valence-electron chi connectivity index (χ4n) is 0.452. The molecule has 0 saturated heterocycles. The molecular weight excluding hydrogens is 156 g/mol. The van der Waals surface area contributed by atoms with Crippen molar-refractivity contribution >= 4 is 10.3 Å². The summed E-state index contributed by atoms with van der Waals surface area (Å²) in [6.07, 6.45) is 3.58. The van der Waals surface area contributed by atoms with Crippen LogP contribution in [0.25, 0.3) is 0 Å². The second-order valence-electron chi connectivity index (χ2n) is 1.56. The van der Waals surface area contributed by atoms with E-state index in [4.69, 9.17) is 4.55 Å². The third kappa shape index (κ3) is 1.49. The van der Waals surface area contributed by atoms with E-state index in [1.165, 1.54) is 18.5 Å². The van der Waals surface area contributed by atoms with Gasteiger partial charge in [-0.05, 0) is 0 Å². The molecule has 0 aliphatic carbocycles. The van der Waals surface area contributed by atoms with Crippen molar-refractivity contribution < 1.29 is 16.9 Å². The maximum Gasteiger partial charge on any atom is 0.439 e. The molecule has 0 aromatic carbocycles. The van der Waals surface area contributed by atoms with Crippen LogP contribution in [0.2, 0.25) is 0 Å². The van der Waals surface area contributed by atoms with Crippen molar-refractivity contribution in [3.05, 3.63) is 24.8 Å². The lowest BCUT2D eigenvalue weighted by Crippen LogP contribution is -2.41. The van der Waals surface area contributed by atoms with Crippen LogP contribution >= 0.6 is 0 Å². The van der Waals surface area contributed by atoms with Crippen LogP contribution in [0.5, 0.6) is 0 Å². The molecule has 5 nitrogen and oxygen atoms in total. The zero-order valence-electron chi connectivity index (χ0n) is 4.88. The van der Waals surface area contributed by atoms with Crippen LogP contribution in [0.3, 0.4) is 0 Å². The van der Waals surface area contributed by atoms with E-state index in [1.54, 1.807) is 0 Å². The number of nitrogens with zero attached hydrogens (tertiary/aromatic N) is 2. The lowest BCUT2D eigenvalue weighted by atomic mass is 10.7. The van der Waals surface area contributed by atoms with Gasteiger partial charge in [-0.3, -0.25) is 4.55 Å². The lowest BCUT2D eigenvalue weighted by Gasteiger charge is -1.87. The van der Waals surface area contributed by atoms with Crippen LogP contribution in [0, 0.1) is 0 Å². The Kier molecular flexibility index (Phi) is 1.64. The Morgan fingerprint density at radius 2 is 2.20 bits per heavy atom. The van der Waals surface area contributed by atoms with Crippen molar-refractivity contribution in [1.29, 1.82) is 0 Å². The third-order valence-electron chi connectivity index (χ3n) is 0.852. The molecule has 1 rings (SSSR count). The van der Waals surface area contributed by atoms with E-state index in [1.807, 2.05) is 0 Å². The molecule has 1 aromatic rings. The van der Waals surface area contributed by atoms with E-state index < -0.39 is 10.3 Å². The predicted octanol–water partition coefficient (Wildman–Crippen LogP) is -0.980. The Morgan fingerprint density at radius 3 is 2.50 bits per heavy atom. The molecular formula is C4H5N2O3S+. The van der Waals surface area contributed by atoms with Gasteiger partial charge in [0.25, 0.3) is 0 Å². The zero-order chi connectivity index (χ0) is 7.61. The molecule has 0 radical (unpaired) electrons. The average molecular weight is 161 g/mol. The summed E-state index contributed by atoms with van der Waals surface area (Å²) in [6.45, 7) is 0. The second kappa shape index (κ2) is 2.31. The zero-order valence-corrected chi connectivity index (χ0v) is 5.69. The fourth-order valence-corrected chi connectivity index (χ4v) is 0.850. The van der Waals surface area contributed by atoms with Gasteiger partial charge in [-0.1, -0.05) is 4.98 Å². The van der Waals surface area contributed by atoms with E-state index >= 15 is 0 Å². The van der Waals surface area contributed by atoms with Crippen molar-refractivity contribution in [3.8, 4) is 0 Å². The molecule has 6 heteroatoms. The molecule has 0 unspecified atom stereocenters. The summed E-state index contributed by atoms with van der Waals surface area (Å²) in [4.78, 5) is 3.47. The van der Waals surface area contributed by atoms with Crippen LogP contribution in [0.15, 0.2) is 24.8 Å². The molecule has 54 valence electrons. The van der Waals surface area contributed by atoms with Crippen LogP contribution in [0.1, 0.15) is 0 Å². The first-order valence-corrected chi connectivity index (χ1v) is 3.79. The summed E-state index contributed by atoms with van der Waals surface area (Å²) in [7, 11) is -4.15. The normalized spacial score (nSPS) is 11.3. The molecule has 0 aliphatic rings. The minimum Gasteiger partial charge on any atom is -0.251 e. The Morgan fingerprint density at radius 1 is 1.50 bits per heavy atom. The molecule has 0 amide bonds. The number of hydrogen-bond acceptors (Lipinski definition) is 3. The number of rotatable bonds is 1. The van der Waals surface area contributed by atoms with Crippen LogP contribution in [0.4, 0.5) is 0 Å². The van der Waals surface area contributed by atoms with Gasteiger partial charge in [-0.25, -0.2) is 0 Å². The first-order valence-electron chi connectivity index (χ1n) is 2.40. The van der Waals surface area contributed by atoms with Gasteiger partial charge in [-0.15, -0.1) is 3.97 Å². The topological polar surface area (TPSA) is 71.1 Å². The molecule has 0 fully saturated rings. The monoisotopic (exact) mass is 161 g/mol. The van der Waals surface area contributed by atoms with Crippen molar-refractivity contribution in [3.63, 3.8) is 0 Å². The summed E-state index contributed by atoms with van der Waals surface area (Å²) >= 11 is 0. The molecule has 0 spiro atoms. The third-order valence-corrected chi connectivity index (χ3v) is 1.60. The Bertz CT molecular complexity index is 307. The first-order chi connectivity index (χ1) is 4.61. The Hall–Kier alpha value is -1.01. The van der Waals surface area contributed by atoms with Gasteiger partial charge in [0, 0.05) is 6.07 Å². The summed E-state index contributed by atoms with van der Waals surface area (Å²) in [5, 5.41) is 0. The standard InChI is InChI=1S/C4H4N2O3S/c7-10(8,9)6-3-1-2-5-4-6/h1-4H/p+1. The smallest absolute Gasteiger partial charge is 0.251 e. The van der Waals surface area contributed by atoms with Gasteiger partial charge in [-0.2, -0.15) is 8.42 Å². The molecule has 10 heavy (non-hydrogen) atoms. The largest absolute Gasteiger partial charge is 0.439 e. The number of aromatic nitrogens is 2. The summed E-state index contributed by atoms with van der Waals surface area (Å²) in [5.74, 6) is 0. The van der Waals surface area contributed by atoms with E-state index in [-0.39, 0.29) is 0 Å². The summed E-state index contributed by atoms with van der Waals surface area (Å²) in [5.41, 5.74) is 0. The van der Waals surface area contributed by atoms with E-state index in [9.17, 15) is 8.42 Å². The van der Waals surface area contributed by atoms with E-state index in [0.29, 0.717) is 3.97 Å². The fraction of sp³-hybridized carbons (Fsp3) is 0. The van der Waals surface area contributed by atoms with Crippen molar-refractivity contribution in [1.82, 2.24) is 4.98 Å². The second-order valence-corrected chi connectivity index (χ2v) is 2.88. The summed E-state index contributed by atoms with van der Waals surface area (Å²) < 4.78 is 29.6. The van der Waals surface area contributed by atoms with Crippen molar-refractivity contribution in [2.45, 2.75) is 0 Å². The lowest BCUT2D eigenvalue weighted by molar-refractivity contribution is -0.522. The van der Waals surface area contributed by atoms with E-state index in [0.717, 1.165) is 6.33 Å². The van der Waals surface area contributed by atoms with Gasteiger partial charge < -0.3 is 0 Å². The maximum absolute atomic E-state index is 10.3. The minimum atomic E-state index is -4.15. The molecule has 1 heterocycles. The van der Waals surface area contributed by atoms with Crippen molar-refractivity contribution in [2.75, 3.05) is 0 Å². The van der Waals surface area contributed by atoms with Gasteiger partial charge in [0.05, 0.1) is 0 Å². The highest BCUT2D eigenvalue weighted by molar-refractivity contribution is 7.79. The SMILES string of the molecule is O=S(=O)(O)[n+]1cccnc1. The van der Waals surface area contributed by atoms with Crippen LogP contribution in [-0.2, 0) is 10.3 Å².